The molecule has 0 aromatic heterocycles. The lowest BCUT2D eigenvalue weighted by atomic mass is 9.91. The number of piperazine rings is 1. The summed E-state index contributed by atoms with van der Waals surface area (Å²) < 4.78 is 23.5. The van der Waals surface area contributed by atoms with E-state index < -0.39 is 9.84 Å². The molecule has 1 aliphatic rings. The van der Waals surface area contributed by atoms with E-state index >= 15 is 0 Å². The van der Waals surface area contributed by atoms with Crippen LogP contribution in [0.3, 0.4) is 0 Å². The second kappa shape index (κ2) is 7.23. The Morgan fingerprint density at radius 1 is 1.35 bits per heavy atom. The van der Waals surface area contributed by atoms with Gasteiger partial charge in [0.15, 0.2) is 9.84 Å². The highest BCUT2D eigenvalue weighted by molar-refractivity contribution is 7.91. The molecular formula is C15H32N2O2S. The summed E-state index contributed by atoms with van der Waals surface area (Å²) in [5.41, 5.74) is 0.115. The van der Waals surface area contributed by atoms with Gasteiger partial charge >= 0.3 is 0 Å². The Balaban J connectivity index is 2.71. The summed E-state index contributed by atoms with van der Waals surface area (Å²) in [5.74, 6) is 1.18. The van der Waals surface area contributed by atoms with Crippen molar-refractivity contribution in [2.75, 3.05) is 31.1 Å². The zero-order valence-electron chi connectivity index (χ0n) is 13.8. The SMILES string of the molecule is CCC1(C)CN(CCS(=O)(=O)CC)C(CC(C)C)CN1. The van der Waals surface area contributed by atoms with Crippen molar-refractivity contribution < 1.29 is 8.42 Å². The summed E-state index contributed by atoms with van der Waals surface area (Å²) in [6, 6.07) is 0.460. The van der Waals surface area contributed by atoms with Crippen LogP contribution in [0.4, 0.5) is 0 Å². The Labute approximate surface area is 125 Å². The molecule has 0 aromatic carbocycles. The lowest BCUT2D eigenvalue weighted by molar-refractivity contribution is 0.0785. The molecule has 1 N–H and O–H groups in total. The lowest BCUT2D eigenvalue weighted by Crippen LogP contribution is -2.63. The topological polar surface area (TPSA) is 49.4 Å². The van der Waals surface area contributed by atoms with Crippen molar-refractivity contribution in [3.63, 3.8) is 0 Å². The van der Waals surface area contributed by atoms with E-state index in [1.165, 1.54) is 0 Å². The number of hydrogen-bond acceptors (Lipinski definition) is 4. The van der Waals surface area contributed by atoms with Gasteiger partial charge in [0.25, 0.3) is 0 Å². The highest BCUT2D eigenvalue weighted by Crippen LogP contribution is 2.22. The molecule has 0 aromatic rings. The first-order chi connectivity index (χ1) is 9.21. The van der Waals surface area contributed by atoms with Gasteiger partial charge in [0.1, 0.15) is 0 Å². The smallest absolute Gasteiger partial charge is 0.151 e. The summed E-state index contributed by atoms with van der Waals surface area (Å²) in [5, 5.41) is 3.65. The van der Waals surface area contributed by atoms with Gasteiger partial charge in [-0.25, -0.2) is 8.42 Å². The zero-order chi connectivity index (χ0) is 15.4. The molecule has 120 valence electrons. The van der Waals surface area contributed by atoms with Gasteiger partial charge < -0.3 is 5.32 Å². The Hall–Kier alpha value is -0.130. The van der Waals surface area contributed by atoms with Gasteiger partial charge in [0.05, 0.1) is 5.75 Å². The van der Waals surface area contributed by atoms with Crippen LogP contribution in [-0.2, 0) is 9.84 Å². The standard InChI is InChI=1S/C15H32N2O2S/c1-6-15(5)12-17(8-9-20(18,19)7-2)14(11-16-15)10-13(3)4/h13-14,16H,6-12H2,1-5H3. The molecule has 1 heterocycles. The average molecular weight is 305 g/mol. The minimum atomic E-state index is -2.88. The summed E-state index contributed by atoms with van der Waals surface area (Å²) >= 11 is 0. The van der Waals surface area contributed by atoms with E-state index in [1.807, 2.05) is 0 Å². The maximum Gasteiger partial charge on any atom is 0.151 e. The molecule has 4 nitrogen and oxygen atoms in total. The predicted octanol–water partition coefficient (Wildman–Crippen LogP) is 1.91. The number of rotatable bonds is 7. The van der Waals surface area contributed by atoms with Crippen molar-refractivity contribution in [3.05, 3.63) is 0 Å². The molecule has 1 fully saturated rings. The van der Waals surface area contributed by atoms with Gasteiger partial charge in [-0.05, 0) is 25.7 Å². The fourth-order valence-electron chi connectivity index (χ4n) is 2.80. The van der Waals surface area contributed by atoms with E-state index in [2.05, 4.69) is 37.9 Å². The van der Waals surface area contributed by atoms with Crippen LogP contribution in [0.25, 0.3) is 0 Å². The third-order valence-electron chi connectivity index (χ3n) is 4.49. The molecule has 0 spiro atoms. The minimum Gasteiger partial charge on any atom is -0.309 e. The normalized spacial score (nSPS) is 29.0. The van der Waals surface area contributed by atoms with E-state index in [9.17, 15) is 8.42 Å². The number of nitrogens with zero attached hydrogens (tertiary/aromatic N) is 1. The Morgan fingerprint density at radius 2 is 2.00 bits per heavy atom. The van der Waals surface area contributed by atoms with Gasteiger partial charge in [-0.3, -0.25) is 4.90 Å². The molecule has 2 atom stereocenters. The molecule has 0 radical (unpaired) electrons. The van der Waals surface area contributed by atoms with Crippen molar-refractivity contribution in [3.8, 4) is 0 Å². The van der Waals surface area contributed by atoms with Gasteiger partial charge in [-0.2, -0.15) is 0 Å². The molecule has 0 bridgehead atoms. The van der Waals surface area contributed by atoms with Crippen molar-refractivity contribution in [1.29, 1.82) is 0 Å². The second-order valence-corrected chi connectivity index (χ2v) is 9.26. The summed E-state index contributed by atoms with van der Waals surface area (Å²) in [6.45, 7) is 13.2. The zero-order valence-corrected chi connectivity index (χ0v) is 14.6. The maximum atomic E-state index is 11.8. The van der Waals surface area contributed by atoms with E-state index in [-0.39, 0.29) is 17.0 Å². The fourth-order valence-corrected chi connectivity index (χ4v) is 3.60. The van der Waals surface area contributed by atoms with Crippen LogP contribution in [0, 0.1) is 5.92 Å². The van der Waals surface area contributed by atoms with Crippen LogP contribution in [0.15, 0.2) is 0 Å². The third-order valence-corrected chi connectivity index (χ3v) is 6.17. The van der Waals surface area contributed by atoms with Crippen LogP contribution in [0.2, 0.25) is 0 Å². The number of nitrogens with one attached hydrogen (secondary N) is 1. The van der Waals surface area contributed by atoms with E-state index in [0.717, 1.165) is 25.9 Å². The van der Waals surface area contributed by atoms with E-state index in [4.69, 9.17) is 0 Å². The maximum absolute atomic E-state index is 11.8. The van der Waals surface area contributed by atoms with Crippen LogP contribution in [0.5, 0.6) is 0 Å². The summed E-state index contributed by atoms with van der Waals surface area (Å²) in [7, 11) is -2.88. The predicted molar refractivity (Wildman–Crippen MR) is 85.8 cm³/mol. The fraction of sp³-hybridized carbons (Fsp3) is 1.00. The van der Waals surface area contributed by atoms with Gasteiger partial charge in [0.2, 0.25) is 0 Å². The molecule has 0 aliphatic carbocycles. The molecule has 2 unspecified atom stereocenters. The van der Waals surface area contributed by atoms with Gasteiger partial charge in [-0.15, -0.1) is 0 Å². The van der Waals surface area contributed by atoms with E-state index in [1.54, 1.807) is 6.92 Å². The van der Waals surface area contributed by atoms with Gasteiger partial charge in [-0.1, -0.05) is 27.7 Å². The quantitative estimate of drug-likeness (QED) is 0.780. The van der Waals surface area contributed by atoms with Crippen LogP contribution in [-0.4, -0.2) is 56.0 Å². The van der Waals surface area contributed by atoms with Crippen molar-refractivity contribution in [2.45, 2.75) is 59.0 Å². The first-order valence-corrected chi connectivity index (χ1v) is 9.73. The minimum absolute atomic E-state index is 0.115. The summed E-state index contributed by atoms with van der Waals surface area (Å²) in [4.78, 5) is 2.40. The van der Waals surface area contributed by atoms with Crippen LogP contribution < -0.4 is 5.32 Å². The number of sulfone groups is 1. The summed E-state index contributed by atoms with van der Waals surface area (Å²) in [6.07, 6.45) is 2.19. The molecule has 0 saturated carbocycles. The number of hydrogen-bond donors (Lipinski definition) is 1. The molecular weight excluding hydrogens is 272 g/mol. The third kappa shape index (κ3) is 5.34. The Morgan fingerprint density at radius 3 is 2.50 bits per heavy atom. The molecule has 0 amide bonds. The molecule has 5 heteroatoms. The Kier molecular flexibility index (Phi) is 6.48. The molecule has 20 heavy (non-hydrogen) atoms. The van der Waals surface area contributed by atoms with Crippen LogP contribution >= 0.6 is 0 Å². The Bertz CT molecular complexity index is 395. The second-order valence-electron chi connectivity index (χ2n) is 6.79. The molecule has 1 saturated heterocycles. The van der Waals surface area contributed by atoms with Crippen molar-refractivity contribution >= 4 is 9.84 Å². The van der Waals surface area contributed by atoms with Crippen LogP contribution in [0.1, 0.15) is 47.5 Å². The molecule has 1 aliphatic heterocycles. The largest absolute Gasteiger partial charge is 0.309 e. The van der Waals surface area contributed by atoms with Gasteiger partial charge in [0, 0.05) is 37.0 Å². The van der Waals surface area contributed by atoms with E-state index in [0.29, 0.717) is 18.5 Å². The highest BCUT2D eigenvalue weighted by Gasteiger charge is 2.34. The molecule has 1 rings (SSSR count). The average Bonchev–Trinajstić information content (AvgIpc) is 2.39. The van der Waals surface area contributed by atoms with Crippen molar-refractivity contribution in [2.24, 2.45) is 5.92 Å². The van der Waals surface area contributed by atoms with Crippen molar-refractivity contribution in [1.82, 2.24) is 10.2 Å². The first kappa shape index (κ1) is 17.9. The monoisotopic (exact) mass is 304 g/mol. The lowest BCUT2D eigenvalue weighted by Gasteiger charge is -2.46. The highest BCUT2D eigenvalue weighted by atomic mass is 32.2. The first-order valence-electron chi connectivity index (χ1n) is 7.91.